The molecule has 0 aromatic rings. The molecule has 1 unspecified atom stereocenters. The molecule has 2 N–H and O–H groups in total. The van der Waals surface area contributed by atoms with Gasteiger partial charge in [-0.25, -0.2) is 0 Å². The van der Waals surface area contributed by atoms with Crippen molar-refractivity contribution in [1.29, 1.82) is 0 Å². The fourth-order valence-corrected chi connectivity index (χ4v) is 1.89. The molecule has 0 aromatic heterocycles. The molecule has 3 nitrogen and oxygen atoms in total. The lowest BCUT2D eigenvalue weighted by Crippen LogP contribution is -2.40. The second-order valence-electron chi connectivity index (χ2n) is 5.27. The second-order valence-corrected chi connectivity index (χ2v) is 5.27. The number of amides is 1. The van der Waals surface area contributed by atoms with Gasteiger partial charge in [0.25, 0.3) is 0 Å². The number of hydrogen-bond acceptors (Lipinski definition) is 2. The first-order chi connectivity index (χ1) is 7.20. The van der Waals surface area contributed by atoms with Crippen LogP contribution in [0.1, 0.15) is 32.6 Å². The highest BCUT2D eigenvalue weighted by Crippen LogP contribution is 2.34. The van der Waals surface area contributed by atoms with Crippen molar-refractivity contribution in [3.8, 4) is 0 Å². The van der Waals surface area contributed by atoms with E-state index < -0.39 is 0 Å². The fraction of sp³-hybridized carbons (Fsp3) is 0.917. The second kappa shape index (κ2) is 5.87. The molecule has 0 radical (unpaired) electrons. The van der Waals surface area contributed by atoms with Gasteiger partial charge in [0.05, 0.1) is 0 Å². The quantitative estimate of drug-likeness (QED) is 0.775. The summed E-state index contributed by atoms with van der Waals surface area (Å²) in [7, 11) is 0. The molecule has 2 rings (SSSR count). The van der Waals surface area contributed by atoms with Crippen molar-refractivity contribution in [2.45, 2.75) is 32.6 Å². The minimum atomic E-state index is 0. The van der Waals surface area contributed by atoms with Gasteiger partial charge in [-0.1, -0.05) is 6.92 Å². The summed E-state index contributed by atoms with van der Waals surface area (Å²) >= 11 is 0. The van der Waals surface area contributed by atoms with Crippen LogP contribution in [0.4, 0.5) is 0 Å². The summed E-state index contributed by atoms with van der Waals surface area (Å²) in [5.41, 5.74) is 5.56. The molecule has 0 aliphatic heterocycles. The molecule has 1 atom stereocenters. The third kappa shape index (κ3) is 3.95. The Kier molecular flexibility index (Phi) is 5.06. The van der Waals surface area contributed by atoms with Crippen LogP contribution < -0.4 is 5.73 Å². The van der Waals surface area contributed by atoms with E-state index in [9.17, 15) is 4.79 Å². The minimum Gasteiger partial charge on any atom is -0.342 e. The summed E-state index contributed by atoms with van der Waals surface area (Å²) < 4.78 is 0. The third-order valence-corrected chi connectivity index (χ3v) is 3.44. The Labute approximate surface area is 104 Å². The first-order valence-electron chi connectivity index (χ1n) is 6.19. The van der Waals surface area contributed by atoms with Crippen LogP contribution >= 0.6 is 12.4 Å². The van der Waals surface area contributed by atoms with E-state index in [0.717, 1.165) is 24.9 Å². The normalized spacial score (nSPS) is 21.1. The number of halogens is 1. The van der Waals surface area contributed by atoms with Crippen molar-refractivity contribution in [2.24, 2.45) is 23.5 Å². The van der Waals surface area contributed by atoms with Crippen LogP contribution in [0, 0.1) is 17.8 Å². The van der Waals surface area contributed by atoms with Gasteiger partial charge in [0.1, 0.15) is 0 Å². The smallest absolute Gasteiger partial charge is 0.226 e. The Morgan fingerprint density at radius 3 is 2.00 bits per heavy atom. The summed E-state index contributed by atoms with van der Waals surface area (Å²) in [4.78, 5) is 14.1. The van der Waals surface area contributed by atoms with E-state index in [4.69, 9.17) is 5.73 Å². The summed E-state index contributed by atoms with van der Waals surface area (Å²) in [6.45, 7) is 4.39. The molecule has 0 aromatic carbocycles. The minimum absolute atomic E-state index is 0. The molecule has 2 fully saturated rings. The van der Waals surface area contributed by atoms with Crippen LogP contribution in [0.2, 0.25) is 0 Å². The molecule has 2 saturated carbocycles. The monoisotopic (exact) mass is 246 g/mol. The van der Waals surface area contributed by atoms with Gasteiger partial charge in [-0.2, -0.15) is 0 Å². The molecule has 0 spiro atoms. The summed E-state index contributed by atoms with van der Waals surface area (Å²) in [5, 5.41) is 0. The van der Waals surface area contributed by atoms with Crippen LogP contribution in [0.3, 0.4) is 0 Å². The van der Waals surface area contributed by atoms with E-state index >= 15 is 0 Å². The van der Waals surface area contributed by atoms with E-state index in [2.05, 4.69) is 4.90 Å². The maximum Gasteiger partial charge on any atom is 0.226 e. The van der Waals surface area contributed by atoms with Crippen LogP contribution in [-0.4, -0.2) is 30.4 Å². The van der Waals surface area contributed by atoms with Crippen LogP contribution in [0.25, 0.3) is 0 Å². The first-order valence-corrected chi connectivity index (χ1v) is 6.19. The van der Waals surface area contributed by atoms with E-state index in [1.54, 1.807) is 0 Å². The maximum atomic E-state index is 12.0. The Morgan fingerprint density at radius 2 is 1.69 bits per heavy atom. The Hall–Kier alpha value is -0.280. The van der Waals surface area contributed by atoms with Crippen molar-refractivity contribution in [3.05, 3.63) is 0 Å². The molecule has 16 heavy (non-hydrogen) atoms. The number of nitrogens with zero attached hydrogens (tertiary/aromatic N) is 1. The van der Waals surface area contributed by atoms with Gasteiger partial charge in [-0.05, 0) is 37.5 Å². The third-order valence-electron chi connectivity index (χ3n) is 3.44. The lowest BCUT2D eigenvalue weighted by atomic mass is 10.1. The molecule has 2 aliphatic rings. The lowest BCUT2D eigenvalue weighted by molar-refractivity contribution is -0.135. The molecule has 0 saturated heterocycles. The van der Waals surface area contributed by atoms with Crippen molar-refractivity contribution in [2.75, 3.05) is 19.6 Å². The SMILES string of the molecule is CC(CN)C(=O)N(CC1CC1)CC1CC1.Cl. The molecule has 2 aliphatic carbocycles. The molecule has 1 amide bonds. The van der Waals surface area contributed by atoms with Crippen LogP contribution in [0.15, 0.2) is 0 Å². The zero-order valence-corrected chi connectivity index (χ0v) is 10.8. The molecular weight excluding hydrogens is 224 g/mol. The highest BCUT2D eigenvalue weighted by atomic mass is 35.5. The molecule has 0 heterocycles. The van der Waals surface area contributed by atoms with Gasteiger partial charge in [0, 0.05) is 25.6 Å². The number of hydrogen-bond donors (Lipinski definition) is 1. The van der Waals surface area contributed by atoms with Crippen LogP contribution in [-0.2, 0) is 4.79 Å². The van der Waals surface area contributed by atoms with Gasteiger partial charge >= 0.3 is 0 Å². The number of carbonyl (C=O) groups excluding carboxylic acids is 1. The topological polar surface area (TPSA) is 46.3 Å². The summed E-state index contributed by atoms with van der Waals surface area (Å²) in [5.74, 6) is 1.86. The number of nitrogens with two attached hydrogens (primary N) is 1. The highest BCUT2D eigenvalue weighted by Gasteiger charge is 2.32. The van der Waals surface area contributed by atoms with Crippen molar-refractivity contribution in [1.82, 2.24) is 4.90 Å². The average Bonchev–Trinajstić information content (AvgIpc) is 3.08. The standard InChI is InChI=1S/C12H22N2O.ClH/c1-9(6-13)12(15)14(7-10-2-3-10)8-11-4-5-11;/h9-11H,2-8,13H2,1H3;1H. The van der Waals surface area contributed by atoms with Gasteiger partial charge in [0.15, 0.2) is 0 Å². The Bertz CT molecular complexity index is 225. The predicted octanol–water partition coefficient (Wildman–Crippen LogP) is 1.65. The van der Waals surface area contributed by atoms with E-state index in [-0.39, 0.29) is 24.2 Å². The maximum absolute atomic E-state index is 12.0. The number of rotatable bonds is 6. The van der Waals surface area contributed by atoms with E-state index in [1.165, 1.54) is 25.7 Å². The van der Waals surface area contributed by atoms with Crippen molar-refractivity contribution < 1.29 is 4.79 Å². The first kappa shape index (κ1) is 13.8. The van der Waals surface area contributed by atoms with E-state index in [0.29, 0.717) is 6.54 Å². The fourth-order valence-electron chi connectivity index (χ4n) is 1.89. The van der Waals surface area contributed by atoms with Crippen LogP contribution in [0.5, 0.6) is 0 Å². The molecule has 4 heteroatoms. The Morgan fingerprint density at radius 1 is 1.25 bits per heavy atom. The van der Waals surface area contributed by atoms with Gasteiger partial charge in [-0.3, -0.25) is 4.79 Å². The van der Waals surface area contributed by atoms with Gasteiger partial charge in [0.2, 0.25) is 5.91 Å². The average molecular weight is 247 g/mol. The lowest BCUT2D eigenvalue weighted by Gasteiger charge is -2.25. The Balaban J connectivity index is 0.00000128. The van der Waals surface area contributed by atoms with Gasteiger partial charge < -0.3 is 10.6 Å². The molecule has 94 valence electrons. The van der Waals surface area contributed by atoms with E-state index in [1.807, 2.05) is 6.92 Å². The molecule has 0 bridgehead atoms. The zero-order chi connectivity index (χ0) is 10.8. The van der Waals surface area contributed by atoms with Crippen molar-refractivity contribution >= 4 is 18.3 Å². The summed E-state index contributed by atoms with van der Waals surface area (Å²) in [6, 6.07) is 0. The number of carbonyl (C=O) groups is 1. The largest absolute Gasteiger partial charge is 0.342 e. The predicted molar refractivity (Wildman–Crippen MR) is 67.5 cm³/mol. The van der Waals surface area contributed by atoms with Gasteiger partial charge in [-0.15, -0.1) is 12.4 Å². The summed E-state index contributed by atoms with van der Waals surface area (Å²) in [6.07, 6.45) is 5.24. The zero-order valence-electron chi connectivity index (χ0n) is 10.0. The highest BCUT2D eigenvalue weighted by molar-refractivity contribution is 5.85. The van der Waals surface area contributed by atoms with Crippen molar-refractivity contribution in [3.63, 3.8) is 0 Å². The molecular formula is C12H23ClN2O.